The first kappa shape index (κ1) is 6.16. The van der Waals surface area contributed by atoms with Crippen molar-refractivity contribution in [1.82, 2.24) is 10.6 Å². The van der Waals surface area contributed by atoms with Crippen LogP contribution in [0.15, 0.2) is 0 Å². The third-order valence-corrected chi connectivity index (χ3v) is 2.50. The maximum Gasteiger partial charge on any atom is 0.224 e. The summed E-state index contributed by atoms with van der Waals surface area (Å²) in [6.07, 6.45) is 1.16. The van der Waals surface area contributed by atoms with Crippen LogP contribution in [0.5, 0.6) is 0 Å². The molecule has 0 aliphatic carbocycles. The lowest BCUT2D eigenvalue weighted by atomic mass is 9.89. The molecular weight excluding hydrogens is 128 g/mol. The lowest BCUT2D eigenvalue weighted by molar-refractivity contribution is -0.123. The molecule has 1 amide bonds. The van der Waals surface area contributed by atoms with E-state index < -0.39 is 0 Å². The molecule has 0 spiro atoms. The molecule has 2 saturated heterocycles. The highest BCUT2D eigenvalue weighted by atomic mass is 16.2. The molecule has 2 aliphatic rings. The molecule has 2 fully saturated rings. The summed E-state index contributed by atoms with van der Waals surface area (Å²) in [6.45, 7) is 2.87. The molecule has 0 saturated carbocycles. The van der Waals surface area contributed by atoms with Crippen LogP contribution in [0.2, 0.25) is 0 Å². The quantitative estimate of drug-likeness (QED) is 0.469. The molecule has 2 aliphatic heterocycles. The van der Waals surface area contributed by atoms with Gasteiger partial charge in [0, 0.05) is 13.1 Å². The van der Waals surface area contributed by atoms with E-state index in [1.54, 1.807) is 0 Å². The Kier molecular flexibility index (Phi) is 1.38. The van der Waals surface area contributed by atoms with Gasteiger partial charge in [0.2, 0.25) is 5.91 Å². The lowest BCUT2D eigenvalue weighted by Gasteiger charge is -2.22. The number of carbonyl (C=O) groups excluding carboxylic acids is 1. The highest BCUT2D eigenvalue weighted by molar-refractivity contribution is 5.81. The maximum atomic E-state index is 11.1. The molecule has 0 aromatic heterocycles. The fraction of sp³-hybridized carbons (Fsp3) is 0.857. The van der Waals surface area contributed by atoms with Crippen molar-refractivity contribution >= 4 is 5.91 Å². The Balaban J connectivity index is 2.08. The third-order valence-electron chi connectivity index (χ3n) is 2.50. The molecule has 0 radical (unpaired) electrons. The van der Waals surface area contributed by atoms with Crippen LogP contribution in [0, 0.1) is 11.8 Å². The molecule has 3 heteroatoms. The zero-order valence-corrected chi connectivity index (χ0v) is 5.89. The number of rotatable bonds is 0. The minimum Gasteiger partial charge on any atom is -0.356 e. The molecule has 2 heterocycles. The van der Waals surface area contributed by atoms with Crippen molar-refractivity contribution in [3.05, 3.63) is 0 Å². The fourth-order valence-corrected chi connectivity index (χ4v) is 1.83. The van der Waals surface area contributed by atoms with Crippen LogP contribution in [-0.2, 0) is 4.79 Å². The second-order valence-electron chi connectivity index (χ2n) is 3.10. The summed E-state index contributed by atoms with van der Waals surface area (Å²) >= 11 is 0. The summed E-state index contributed by atoms with van der Waals surface area (Å²) in [6, 6.07) is 0. The van der Waals surface area contributed by atoms with Gasteiger partial charge in [-0.15, -0.1) is 0 Å². The molecule has 2 rings (SSSR count). The van der Waals surface area contributed by atoms with Crippen molar-refractivity contribution in [3.63, 3.8) is 0 Å². The van der Waals surface area contributed by atoms with Crippen LogP contribution in [0.3, 0.4) is 0 Å². The van der Waals surface area contributed by atoms with E-state index in [-0.39, 0.29) is 11.8 Å². The standard InChI is InChI=1S/C7H12N2O/c10-7-6-4-8-2-1-5(6)3-9-7/h5-6,8H,1-4H2,(H,9,10)/t5?,6-/m0/s1. The second kappa shape index (κ2) is 2.23. The molecule has 0 bridgehead atoms. The maximum absolute atomic E-state index is 11.1. The zero-order chi connectivity index (χ0) is 6.97. The van der Waals surface area contributed by atoms with E-state index in [0.29, 0.717) is 5.92 Å². The van der Waals surface area contributed by atoms with Crippen LogP contribution in [0.4, 0.5) is 0 Å². The monoisotopic (exact) mass is 140 g/mol. The van der Waals surface area contributed by atoms with Crippen molar-refractivity contribution in [3.8, 4) is 0 Å². The molecule has 1 unspecified atom stereocenters. The van der Waals surface area contributed by atoms with Gasteiger partial charge in [-0.25, -0.2) is 0 Å². The molecular formula is C7H12N2O. The highest BCUT2D eigenvalue weighted by Crippen LogP contribution is 2.22. The first-order valence-electron chi connectivity index (χ1n) is 3.86. The minimum absolute atomic E-state index is 0.247. The SMILES string of the molecule is O=C1NCC2CCNC[C@H]12. The van der Waals surface area contributed by atoms with Crippen LogP contribution in [0.1, 0.15) is 6.42 Å². The van der Waals surface area contributed by atoms with Gasteiger partial charge < -0.3 is 10.6 Å². The Morgan fingerprint density at radius 2 is 2.30 bits per heavy atom. The number of hydrogen-bond donors (Lipinski definition) is 2. The average molecular weight is 140 g/mol. The first-order valence-corrected chi connectivity index (χ1v) is 3.86. The summed E-state index contributed by atoms with van der Waals surface area (Å²) in [5.41, 5.74) is 0. The van der Waals surface area contributed by atoms with Gasteiger partial charge >= 0.3 is 0 Å². The van der Waals surface area contributed by atoms with Gasteiger partial charge in [-0.05, 0) is 18.9 Å². The van der Waals surface area contributed by atoms with E-state index >= 15 is 0 Å². The zero-order valence-electron chi connectivity index (χ0n) is 5.89. The van der Waals surface area contributed by atoms with Crippen molar-refractivity contribution < 1.29 is 4.79 Å². The van der Waals surface area contributed by atoms with Gasteiger partial charge in [-0.3, -0.25) is 4.79 Å². The molecule has 56 valence electrons. The number of carbonyl (C=O) groups is 1. The number of piperidine rings is 1. The van der Waals surface area contributed by atoms with E-state index in [1.165, 1.54) is 0 Å². The van der Waals surface area contributed by atoms with Gasteiger partial charge in [-0.2, -0.15) is 0 Å². The van der Waals surface area contributed by atoms with E-state index in [4.69, 9.17) is 0 Å². The predicted octanol–water partition coefficient (Wildman–Crippen LogP) is -0.658. The lowest BCUT2D eigenvalue weighted by Crippen LogP contribution is -2.37. The van der Waals surface area contributed by atoms with Crippen molar-refractivity contribution in [2.75, 3.05) is 19.6 Å². The van der Waals surface area contributed by atoms with Crippen LogP contribution < -0.4 is 10.6 Å². The van der Waals surface area contributed by atoms with Crippen LogP contribution in [-0.4, -0.2) is 25.5 Å². The summed E-state index contributed by atoms with van der Waals surface area (Å²) in [5.74, 6) is 1.14. The van der Waals surface area contributed by atoms with Gasteiger partial charge in [0.25, 0.3) is 0 Å². The molecule has 3 nitrogen and oxygen atoms in total. The van der Waals surface area contributed by atoms with E-state index in [0.717, 1.165) is 26.1 Å². The summed E-state index contributed by atoms with van der Waals surface area (Å²) in [5, 5.41) is 6.11. The first-order chi connectivity index (χ1) is 4.88. The van der Waals surface area contributed by atoms with Gasteiger partial charge in [0.15, 0.2) is 0 Å². The Labute approximate surface area is 60.2 Å². The Hall–Kier alpha value is -0.570. The van der Waals surface area contributed by atoms with E-state index in [2.05, 4.69) is 10.6 Å². The smallest absolute Gasteiger partial charge is 0.224 e. The van der Waals surface area contributed by atoms with Crippen molar-refractivity contribution in [2.45, 2.75) is 6.42 Å². The van der Waals surface area contributed by atoms with Crippen molar-refractivity contribution in [1.29, 1.82) is 0 Å². The second-order valence-corrected chi connectivity index (χ2v) is 3.10. The summed E-state index contributed by atoms with van der Waals surface area (Å²) < 4.78 is 0. The molecule has 0 aromatic rings. The van der Waals surface area contributed by atoms with Gasteiger partial charge in [0.1, 0.15) is 0 Å². The van der Waals surface area contributed by atoms with E-state index in [9.17, 15) is 4.79 Å². The number of nitrogens with one attached hydrogen (secondary N) is 2. The van der Waals surface area contributed by atoms with E-state index in [1.807, 2.05) is 0 Å². The Morgan fingerprint density at radius 1 is 1.40 bits per heavy atom. The number of amides is 1. The average Bonchev–Trinajstić information content (AvgIpc) is 2.34. The largest absolute Gasteiger partial charge is 0.356 e. The van der Waals surface area contributed by atoms with Gasteiger partial charge in [0.05, 0.1) is 5.92 Å². The summed E-state index contributed by atoms with van der Waals surface area (Å²) in [4.78, 5) is 11.1. The topological polar surface area (TPSA) is 41.1 Å². The Morgan fingerprint density at radius 3 is 3.10 bits per heavy atom. The third kappa shape index (κ3) is 0.814. The van der Waals surface area contributed by atoms with Crippen LogP contribution >= 0.6 is 0 Å². The van der Waals surface area contributed by atoms with Crippen LogP contribution in [0.25, 0.3) is 0 Å². The minimum atomic E-state index is 0.247. The van der Waals surface area contributed by atoms with Crippen molar-refractivity contribution in [2.24, 2.45) is 11.8 Å². The predicted molar refractivity (Wildman–Crippen MR) is 37.5 cm³/mol. The molecule has 2 atom stereocenters. The number of hydrogen-bond acceptors (Lipinski definition) is 2. The molecule has 10 heavy (non-hydrogen) atoms. The fourth-order valence-electron chi connectivity index (χ4n) is 1.83. The molecule has 2 N–H and O–H groups in total. The van der Waals surface area contributed by atoms with Gasteiger partial charge in [-0.1, -0.05) is 0 Å². The Bertz CT molecular complexity index is 158. The highest BCUT2D eigenvalue weighted by Gasteiger charge is 2.35. The molecule has 0 aromatic carbocycles. The normalized spacial score (nSPS) is 39.0. The summed E-state index contributed by atoms with van der Waals surface area (Å²) in [7, 11) is 0. The number of fused-ring (bicyclic) bond motifs is 1.